The van der Waals surface area contributed by atoms with Crippen molar-refractivity contribution in [3.63, 3.8) is 0 Å². The molecule has 0 aliphatic rings. The molecule has 0 bridgehead atoms. The normalized spacial score (nSPS) is 10.5. The molecular formula is C21H24N4O2. The largest absolute Gasteiger partial charge is 0.497 e. The highest BCUT2D eigenvalue weighted by Gasteiger charge is 2.11. The van der Waals surface area contributed by atoms with Gasteiger partial charge in [-0.1, -0.05) is 24.3 Å². The van der Waals surface area contributed by atoms with Gasteiger partial charge in [0.05, 0.1) is 25.0 Å². The predicted octanol–water partition coefficient (Wildman–Crippen LogP) is 3.53. The first kappa shape index (κ1) is 18.5. The van der Waals surface area contributed by atoms with Crippen LogP contribution in [0.4, 0.5) is 4.79 Å². The van der Waals surface area contributed by atoms with Crippen molar-refractivity contribution in [3.05, 3.63) is 77.6 Å². The average molecular weight is 364 g/mol. The molecule has 140 valence electrons. The van der Waals surface area contributed by atoms with Gasteiger partial charge in [-0.2, -0.15) is 5.10 Å². The van der Waals surface area contributed by atoms with Gasteiger partial charge in [-0.25, -0.2) is 9.48 Å². The SMILES string of the molecule is COc1ccc(-n2ccc(CNC(=O)N(C)Cc3ccccc3C)n2)cc1. The van der Waals surface area contributed by atoms with E-state index in [4.69, 9.17) is 4.74 Å². The minimum atomic E-state index is -0.128. The summed E-state index contributed by atoms with van der Waals surface area (Å²) in [6.07, 6.45) is 1.88. The molecule has 3 rings (SSSR count). The lowest BCUT2D eigenvalue weighted by molar-refractivity contribution is 0.206. The number of benzene rings is 2. The van der Waals surface area contributed by atoms with Gasteiger partial charge in [0.2, 0.25) is 0 Å². The van der Waals surface area contributed by atoms with Crippen LogP contribution >= 0.6 is 0 Å². The zero-order chi connectivity index (χ0) is 19.2. The lowest BCUT2D eigenvalue weighted by atomic mass is 10.1. The van der Waals surface area contributed by atoms with Crippen LogP contribution in [0.15, 0.2) is 60.8 Å². The lowest BCUT2D eigenvalue weighted by Gasteiger charge is -2.18. The number of aryl methyl sites for hydroxylation is 1. The second-order valence-corrected chi connectivity index (χ2v) is 6.39. The van der Waals surface area contributed by atoms with Gasteiger partial charge in [-0.3, -0.25) is 0 Å². The molecule has 0 saturated heterocycles. The third-order valence-electron chi connectivity index (χ3n) is 4.42. The van der Waals surface area contributed by atoms with Crippen molar-refractivity contribution in [1.29, 1.82) is 0 Å². The Labute approximate surface area is 159 Å². The fourth-order valence-corrected chi connectivity index (χ4v) is 2.75. The summed E-state index contributed by atoms with van der Waals surface area (Å²) in [7, 11) is 3.43. The summed E-state index contributed by atoms with van der Waals surface area (Å²) in [5, 5.41) is 7.42. The van der Waals surface area contributed by atoms with E-state index < -0.39 is 0 Å². The Bertz CT molecular complexity index is 903. The minimum absolute atomic E-state index is 0.128. The van der Waals surface area contributed by atoms with Crippen molar-refractivity contribution < 1.29 is 9.53 Å². The van der Waals surface area contributed by atoms with Gasteiger partial charge in [-0.05, 0) is 48.4 Å². The van der Waals surface area contributed by atoms with E-state index >= 15 is 0 Å². The molecule has 1 heterocycles. The van der Waals surface area contributed by atoms with Crippen LogP contribution < -0.4 is 10.1 Å². The molecule has 1 N–H and O–H groups in total. The third kappa shape index (κ3) is 4.67. The molecule has 0 aliphatic carbocycles. The first-order valence-corrected chi connectivity index (χ1v) is 8.79. The fraction of sp³-hybridized carbons (Fsp3) is 0.238. The van der Waals surface area contributed by atoms with Crippen LogP contribution in [0.5, 0.6) is 5.75 Å². The summed E-state index contributed by atoms with van der Waals surface area (Å²) in [5.74, 6) is 0.801. The van der Waals surface area contributed by atoms with Crippen molar-refractivity contribution in [2.45, 2.75) is 20.0 Å². The van der Waals surface area contributed by atoms with E-state index in [2.05, 4.69) is 10.4 Å². The number of hydrogen-bond acceptors (Lipinski definition) is 3. The Morgan fingerprint density at radius 2 is 1.89 bits per heavy atom. The van der Waals surface area contributed by atoms with Crippen molar-refractivity contribution in [2.24, 2.45) is 0 Å². The van der Waals surface area contributed by atoms with E-state index in [-0.39, 0.29) is 6.03 Å². The number of nitrogens with one attached hydrogen (secondary N) is 1. The van der Waals surface area contributed by atoms with Crippen molar-refractivity contribution >= 4 is 6.03 Å². The highest BCUT2D eigenvalue weighted by Crippen LogP contribution is 2.14. The van der Waals surface area contributed by atoms with Gasteiger partial charge in [0.15, 0.2) is 0 Å². The maximum Gasteiger partial charge on any atom is 0.317 e. The zero-order valence-electron chi connectivity index (χ0n) is 15.8. The Morgan fingerprint density at radius 1 is 1.15 bits per heavy atom. The van der Waals surface area contributed by atoms with Crippen LogP contribution in [0.2, 0.25) is 0 Å². The van der Waals surface area contributed by atoms with Gasteiger partial charge < -0.3 is 15.0 Å². The van der Waals surface area contributed by atoms with Gasteiger partial charge in [0.25, 0.3) is 0 Å². The van der Waals surface area contributed by atoms with E-state index in [1.807, 2.05) is 67.7 Å². The quantitative estimate of drug-likeness (QED) is 0.728. The van der Waals surface area contributed by atoms with Crippen LogP contribution in [0.25, 0.3) is 5.69 Å². The number of urea groups is 1. The Balaban J connectivity index is 1.56. The first-order valence-electron chi connectivity index (χ1n) is 8.79. The second kappa shape index (κ2) is 8.40. The molecule has 0 aliphatic heterocycles. The number of nitrogens with zero attached hydrogens (tertiary/aromatic N) is 3. The van der Waals surface area contributed by atoms with Crippen LogP contribution in [0.1, 0.15) is 16.8 Å². The third-order valence-corrected chi connectivity index (χ3v) is 4.42. The van der Waals surface area contributed by atoms with Crippen LogP contribution in [0.3, 0.4) is 0 Å². The number of rotatable bonds is 6. The Morgan fingerprint density at radius 3 is 2.59 bits per heavy atom. The number of amides is 2. The second-order valence-electron chi connectivity index (χ2n) is 6.39. The molecule has 6 heteroatoms. The molecule has 27 heavy (non-hydrogen) atoms. The number of methoxy groups -OCH3 is 1. The van der Waals surface area contributed by atoms with Crippen LogP contribution in [-0.2, 0) is 13.1 Å². The molecule has 0 atom stereocenters. The molecule has 0 radical (unpaired) electrons. The molecule has 1 aromatic heterocycles. The smallest absolute Gasteiger partial charge is 0.317 e. The molecular weight excluding hydrogens is 340 g/mol. The summed E-state index contributed by atoms with van der Waals surface area (Å²) in [5.41, 5.74) is 4.04. The minimum Gasteiger partial charge on any atom is -0.497 e. The topological polar surface area (TPSA) is 59.4 Å². The van der Waals surface area contributed by atoms with Gasteiger partial charge in [0, 0.05) is 19.8 Å². The number of carbonyl (C=O) groups excluding carboxylic acids is 1. The molecule has 3 aromatic rings. The summed E-state index contributed by atoms with van der Waals surface area (Å²) in [6, 6.07) is 17.5. The van der Waals surface area contributed by atoms with E-state index in [1.165, 1.54) is 5.56 Å². The maximum atomic E-state index is 12.3. The summed E-state index contributed by atoms with van der Waals surface area (Å²) < 4.78 is 6.94. The maximum absolute atomic E-state index is 12.3. The monoisotopic (exact) mass is 364 g/mol. The number of carbonyl (C=O) groups is 1. The highest BCUT2D eigenvalue weighted by molar-refractivity contribution is 5.73. The standard InChI is InChI=1S/C21H24N4O2/c1-16-6-4-5-7-17(16)15-24(2)21(26)22-14-18-12-13-25(23-18)19-8-10-20(27-3)11-9-19/h4-13H,14-15H2,1-3H3,(H,22,26). The average Bonchev–Trinajstić information content (AvgIpc) is 3.17. The van der Waals surface area contributed by atoms with Gasteiger partial charge >= 0.3 is 6.03 Å². The summed E-state index contributed by atoms with van der Waals surface area (Å²) in [4.78, 5) is 14.0. The van der Waals surface area contributed by atoms with E-state index in [9.17, 15) is 4.79 Å². The molecule has 2 aromatic carbocycles. The lowest BCUT2D eigenvalue weighted by Crippen LogP contribution is -2.36. The van der Waals surface area contributed by atoms with Gasteiger partial charge in [-0.15, -0.1) is 0 Å². The molecule has 6 nitrogen and oxygen atoms in total. The summed E-state index contributed by atoms with van der Waals surface area (Å²) >= 11 is 0. The molecule has 2 amide bonds. The molecule has 0 saturated carbocycles. The molecule has 0 spiro atoms. The van der Waals surface area contributed by atoms with Crippen LogP contribution in [0, 0.1) is 6.92 Å². The Kier molecular flexibility index (Phi) is 5.76. The number of hydrogen-bond donors (Lipinski definition) is 1. The van der Waals surface area contributed by atoms with E-state index in [0.29, 0.717) is 13.1 Å². The fourth-order valence-electron chi connectivity index (χ4n) is 2.75. The first-order chi connectivity index (χ1) is 13.1. The van der Waals surface area contributed by atoms with Crippen molar-refractivity contribution in [2.75, 3.05) is 14.2 Å². The highest BCUT2D eigenvalue weighted by atomic mass is 16.5. The van der Waals surface area contributed by atoms with Crippen molar-refractivity contribution in [1.82, 2.24) is 20.0 Å². The predicted molar refractivity (Wildman–Crippen MR) is 105 cm³/mol. The number of ether oxygens (including phenoxy) is 1. The van der Waals surface area contributed by atoms with Crippen LogP contribution in [-0.4, -0.2) is 34.9 Å². The summed E-state index contributed by atoms with van der Waals surface area (Å²) in [6.45, 7) is 2.99. The van der Waals surface area contributed by atoms with Crippen molar-refractivity contribution in [3.8, 4) is 11.4 Å². The number of aromatic nitrogens is 2. The zero-order valence-corrected chi connectivity index (χ0v) is 15.8. The van der Waals surface area contributed by atoms with E-state index in [0.717, 1.165) is 22.7 Å². The van der Waals surface area contributed by atoms with Gasteiger partial charge in [0.1, 0.15) is 5.75 Å². The molecule has 0 unspecified atom stereocenters. The van der Waals surface area contributed by atoms with E-state index in [1.54, 1.807) is 23.7 Å². The Hall–Kier alpha value is -3.28. The molecule has 0 fully saturated rings.